The Morgan fingerprint density at radius 2 is 1.81 bits per heavy atom. The van der Waals surface area contributed by atoms with E-state index in [2.05, 4.69) is 37.2 Å². The van der Waals surface area contributed by atoms with Gasteiger partial charge >= 0.3 is 0 Å². The van der Waals surface area contributed by atoms with Gasteiger partial charge in [-0.2, -0.15) is 0 Å². The summed E-state index contributed by atoms with van der Waals surface area (Å²) in [5, 5.41) is 15.9. The van der Waals surface area contributed by atoms with Crippen LogP contribution in [0, 0.1) is 0 Å². The van der Waals surface area contributed by atoms with E-state index in [1.807, 2.05) is 0 Å². The van der Waals surface area contributed by atoms with E-state index in [0.29, 0.717) is 0 Å². The summed E-state index contributed by atoms with van der Waals surface area (Å²) in [5.74, 6) is 3.28. The van der Waals surface area contributed by atoms with E-state index in [0.717, 1.165) is 83.5 Å². The number of aryl methyl sites for hydroxylation is 2. The number of hydrogen-bond acceptors (Lipinski definition) is 5. The lowest BCUT2D eigenvalue weighted by Gasteiger charge is -2.47. The number of nitrogens with zero attached hydrogens (tertiary/aromatic N) is 5. The van der Waals surface area contributed by atoms with Crippen molar-refractivity contribution in [3.63, 3.8) is 0 Å². The van der Waals surface area contributed by atoms with Gasteiger partial charge in [0.1, 0.15) is 11.6 Å². The molecule has 0 spiro atoms. The first kappa shape index (κ1) is 23.5. The molecule has 0 bridgehead atoms. The highest BCUT2D eigenvalue weighted by molar-refractivity contribution is 5.79. The number of rotatable bonds is 8. The van der Waals surface area contributed by atoms with Crippen LogP contribution in [0.25, 0.3) is 0 Å². The van der Waals surface area contributed by atoms with Crippen LogP contribution in [0.4, 0.5) is 0 Å². The molecule has 1 aromatic heterocycles. The van der Waals surface area contributed by atoms with Crippen LogP contribution in [-0.4, -0.2) is 77.1 Å². The number of morpholine rings is 1. The van der Waals surface area contributed by atoms with Crippen LogP contribution in [-0.2, 0) is 24.1 Å². The van der Waals surface area contributed by atoms with Crippen molar-refractivity contribution in [1.29, 1.82) is 0 Å². The van der Waals surface area contributed by atoms with E-state index in [1.165, 1.54) is 57.2 Å². The normalized spacial score (nSPS) is 22.2. The summed E-state index contributed by atoms with van der Waals surface area (Å²) in [7, 11) is 0. The Bertz CT molecular complexity index is 720. The quantitative estimate of drug-likeness (QED) is 0.364. The third kappa shape index (κ3) is 6.01. The number of hydrogen-bond donors (Lipinski definition) is 2. The summed E-state index contributed by atoms with van der Waals surface area (Å²) in [6.07, 6.45) is 13.4. The van der Waals surface area contributed by atoms with Gasteiger partial charge in [0, 0.05) is 51.1 Å². The lowest BCUT2D eigenvalue weighted by Crippen LogP contribution is -2.56. The molecule has 0 atom stereocenters. The molecule has 32 heavy (non-hydrogen) atoms. The fraction of sp³-hybridized carbons (Fsp3) is 0.875. The van der Waals surface area contributed by atoms with Gasteiger partial charge in [-0.05, 0) is 39.0 Å². The molecule has 2 N–H and O–H groups in total. The fourth-order valence-electron chi connectivity index (χ4n) is 5.57. The summed E-state index contributed by atoms with van der Waals surface area (Å²) in [5.41, 5.74) is 0.212. The van der Waals surface area contributed by atoms with Crippen molar-refractivity contribution in [2.24, 2.45) is 4.99 Å². The van der Waals surface area contributed by atoms with Crippen molar-refractivity contribution in [2.45, 2.75) is 89.6 Å². The molecule has 3 heterocycles. The van der Waals surface area contributed by atoms with Gasteiger partial charge in [-0.1, -0.05) is 25.7 Å². The van der Waals surface area contributed by atoms with E-state index in [-0.39, 0.29) is 5.54 Å². The number of ether oxygens (including phenoxy) is 1. The van der Waals surface area contributed by atoms with Crippen molar-refractivity contribution in [2.75, 3.05) is 45.9 Å². The average molecular weight is 446 g/mol. The predicted molar refractivity (Wildman–Crippen MR) is 128 cm³/mol. The first-order valence-electron chi connectivity index (χ1n) is 13.1. The van der Waals surface area contributed by atoms with Crippen LogP contribution in [0.15, 0.2) is 4.99 Å². The molecule has 1 saturated heterocycles. The molecule has 2 aliphatic heterocycles. The SMILES string of the molecule is CCNC(=NCC1(N2CCOCC2)CCCCC1)NCCCc1nnc2n1CCCCC2. The topological polar surface area (TPSA) is 79.6 Å². The van der Waals surface area contributed by atoms with E-state index >= 15 is 0 Å². The molecule has 180 valence electrons. The second kappa shape index (κ2) is 12.0. The standard InChI is InChI=1S/C24H43N7O/c1-2-25-23(26-14-9-11-22-29-28-21-10-5-3-8-15-31(21)22)27-20-24(12-6-4-7-13-24)30-16-18-32-19-17-30/h2-20H2,1H3,(H2,25,26,27). The summed E-state index contributed by atoms with van der Waals surface area (Å²) >= 11 is 0. The van der Waals surface area contributed by atoms with E-state index in [1.54, 1.807) is 0 Å². The van der Waals surface area contributed by atoms with Gasteiger partial charge in [0.15, 0.2) is 5.96 Å². The van der Waals surface area contributed by atoms with Crippen LogP contribution in [0.1, 0.15) is 76.4 Å². The molecule has 2 fully saturated rings. The average Bonchev–Trinajstić information content (AvgIpc) is 3.07. The Morgan fingerprint density at radius 1 is 1.00 bits per heavy atom. The van der Waals surface area contributed by atoms with Gasteiger partial charge in [0.25, 0.3) is 0 Å². The maximum absolute atomic E-state index is 5.62. The third-order valence-corrected chi connectivity index (χ3v) is 7.40. The molecule has 0 radical (unpaired) electrons. The first-order chi connectivity index (χ1) is 15.8. The lowest BCUT2D eigenvalue weighted by molar-refractivity contribution is -0.0333. The van der Waals surface area contributed by atoms with Gasteiger partial charge in [0.05, 0.1) is 19.8 Å². The van der Waals surface area contributed by atoms with Gasteiger partial charge in [0.2, 0.25) is 0 Å². The zero-order chi connectivity index (χ0) is 22.1. The maximum atomic E-state index is 5.62. The minimum Gasteiger partial charge on any atom is -0.379 e. The van der Waals surface area contributed by atoms with Gasteiger partial charge in [-0.25, -0.2) is 0 Å². The predicted octanol–water partition coefficient (Wildman–Crippen LogP) is 2.53. The summed E-state index contributed by atoms with van der Waals surface area (Å²) in [6.45, 7) is 9.68. The number of guanidine groups is 1. The lowest BCUT2D eigenvalue weighted by atomic mass is 9.80. The highest BCUT2D eigenvalue weighted by Crippen LogP contribution is 2.34. The molecule has 8 nitrogen and oxygen atoms in total. The Labute approximate surface area is 193 Å². The van der Waals surface area contributed by atoms with Crippen molar-refractivity contribution in [3.8, 4) is 0 Å². The monoisotopic (exact) mass is 445 g/mol. The second-order valence-corrected chi connectivity index (χ2v) is 9.60. The van der Waals surface area contributed by atoms with Crippen LogP contribution in [0.3, 0.4) is 0 Å². The molecule has 4 rings (SSSR count). The smallest absolute Gasteiger partial charge is 0.191 e. The summed E-state index contributed by atoms with van der Waals surface area (Å²) in [6, 6.07) is 0. The number of aromatic nitrogens is 3. The van der Waals surface area contributed by atoms with E-state index < -0.39 is 0 Å². The Morgan fingerprint density at radius 3 is 2.62 bits per heavy atom. The first-order valence-corrected chi connectivity index (χ1v) is 13.1. The number of aliphatic imine (C=N–C) groups is 1. The number of fused-ring (bicyclic) bond motifs is 1. The second-order valence-electron chi connectivity index (χ2n) is 9.60. The highest BCUT2D eigenvalue weighted by atomic mass is 16.5. The third-order valence-electron chi connectivity index (χ3n) is 7.40. The summed E-state index contributed by atoms with van der Waals surface area (Å²) in [4.78, 5) is 7.75. The molecular weight excluding hydrogens is 402 g/mol. The zero-order valence-corrected chi connectivity index (χ0v) is 20.1. The summed E-state index contributed by atoms with van der Waals surface area (Å²) < 4.78 is 7.99. The van der Waals surface area contributed by atoms with Crippen LogP contribution >= 0.6 is 0 Å². The van der Waals surface area contributed by atoms with Crippen LogP contribution in [0.5, 0.6) is 0 Å². The number of nitrogens with one attached hydrogen (secondary N) is 2. The van der Waals surface area contributed by atoms with Gasteiger partial charge in [-0.3, -0.25) is 9.89 Å². The Kier molecular flexibility index (Phi) is 8.79. The van der Waals surface area contributed by atoms with Crippen LogP contribution < -0.4 is 10.6 Å². The van der Waals surface area contributed by atoms with E-state index in [4.69, 9.17) is 9.73 Å². The highest BCUT2D eigenvalue weighted by Gasteiger charge is 2.38. The molecule has 0 unspecified atom stereocenters. The van der Waals surface area contributed by atoms with Crippen molar-refractivity contribution in [3.05, 3.63) is 11.6 Å². The minimum atomic E-state index is 0.212. The molecular formula is C24H43N7O. The Hall–Kier alpha value is -1.67. The molecule has 1 aromatic rings. The fourth-order valence-corrected chi connectivity index (χ4v) is 5.57. The molecule has 8 heteroatoms. The van der Waals surface area contributed by atoms with Gasteiger partial charge < -0.3 is 19.9 Å². The van der Waals surface area contributed by atoms with Crippen molar-refractivity contribution >= 4 is 5.96 Å². The minimum absolute atomic E-state index is 0.212. The van der Waals surface area contributed by atoms with Crippen molar-refractivity contribution in [1.82, 2.24) is 30.3 Å². The largest absolute Gasteiger partial charge is 0.379 e. The van der Waals surface area contributed by atoms with Crippen LogP contribution in [0.2, 0.25) is 0 Å². The van der Waals surface area contributed by atoms with E-state index in [9.17, 15) is 0 Å². The molecule has 0 aromatic carbocycles. The molecule has 1 saturated carbocycles. The zero-order valence-electron chi connectivity index (χ0n) is 20.1. The molecule has 0 amide bonds. The molecule has 3 aliphatic rings. The molecule has 1 aliphatic carbocycles. The maximum Gasteiger partial charge on any atom is 0.191 e. The Balaban J connectivity index is 1.31. The van der Waals surface area contributed by atoms with Gasteiger partial charge in [-0.15, -0.1) is 10.2 Å². The van der Waals surface area contributed by atoms with Crippen molar-refractivity contribution < 1.29 is 4.74 Å².